The second kappa shape index (κ2) is 5.90. The maximum Gasteiger partial charge on any atom is 0.326 e. The van der Waals surface area contributed by atoms with Gasteiger partial charge in [0.15, 0.2) is 0 Å². The van der Waals surface area contributed by atoms with Gasteiger partial charge in [-0.05, 0) is 6.07 Å². The van der Waals surface area contributed by atoms with Crippen molar-refractivity contribution in [1.29, 1.82) is 0 Å². The van der Waals surface area contributed by atoms with Crippen LogP contribution in [0.1, 0.15) is 16.8 Å². The monoisotopic (exact) mass is 242 g/mol. The highest BCUT2D eigenvalue weighted by Gasteiger charge is 2.20. The normalized spacial score (nSPS) is 11.9. The van der Waals surface area contributed by atoms with Gasteiger partial charge in [-0.15, -0.1) is 0 Å². The van der Waals surface area contributed by atoms with Crippen LogP contribution < -0.4 is 5.32 Å². The zero-order valence-corrected chi connectivity index (χ0v) is 8.76. The van der Waals surface area contributed by atoms with E-state index >= 15 is 0 Å². The number of pyridine rings is 1. The third kappa shape index (κ3) is 3.80. The summed E-state index contributed by atoms with van der Waals surface area (Å²) in [6.07, 6.45) is 0.987. The van der Waals surface area contributed by atoms with Crippen LogP contribution in [0.4, 0.5) is 4.39 Å². The second-order valence-corrected chi connectivity index (χ2v) is 3.24. The molecule has 7 heteroatoms. The van der Waals surface area contributed by atoms with Crippen molar-refractivity contribution >= 4 is 11.9 Å². The summed E-state index contributed by atoms with van der Waals surface area (Å²) in [6, 6.07) is 0.951. The molecule has 1 rings (SSSR count). The first kappa shape index (κ1) is 13.0. The Labute approximate surface area is 96.1 Å². The Morgan fingerprint density at radius 1 is 1.53 bits per heavy atom. The van der Waals surface area contributed by atoms with E-state index in [2.05, 4.69) is 10.3 Å². The molecule has 92 valence electrons. The molecule has 1 aromatic rings. The molecule has 0 fully saturated rings. The number of aliphatic hydroxyl groups is 1. The van der Waals surface area contributed by atoms with Crippen LogP contribution in [-0.4, -0.2) is 39.7 Å². The lowest BCUT2D eigenvalue weighted by molar-refractivity contribution is -0.139. The van der Waals surface area contributed by atoms with Crippen molar-refractivity contribution in [3.05, 3.63) is 29.8 Å². The Kier molecular flexibility index (Phi) is 4.53. The molecule has 0 aliphatic heterocycles. The number of rotatable bonds is 5. The van der Waals surface area contributed by atoms with Gasteiger partial charge in [0, 0.05) is 30.9 Å². The van der Waals surface area contributed by atoms with E-state index in [1.807, 2.05) is 0 Å². The van der Waals surface area contributed by atoms with Gasteiger partial charge in [-0.2, -0.15) is 4.39 Å². The van der Waals surface area contributed by atoms with Crippen molar-refractivity contribution in [2.45, 2.75) is 12.5 Å². The van der Waals surface area contributed by atoms with Crippen molar-refractivity contribution in [1.82, 2.24) is 10.3 Å². The molecule has 17 heavy (non-hydrogen) atoms. The minimum Gasteiger partial charge on any atom is -0.480 e. The number of halogens is 1. The quantitative estimate of drug-likeness (QED) is 0.620. The van der Waals surface area contributed by atoms with Crippen LogP contribution in [-0.2, 0) is 4.79 Å². The number of hydrogen-bond acceptors (Lipinski definition) is 4. The Hall–Kier alpha value is -2.02. The van der Waals surface area contributed by atoms with Crippen LogP contribution in [0.2, 0.25) is 0 Å². The number of aromatic nitrogens is 1. The van der Waals surface area contributed by atoms with E-state index in [-0.39, 0.29) is 18.6 Å². The van der Waals surface area contributed by atoms with E-state index < -0.39 is 23.9 Å². The summed E-state index contributed by atoms with van der Waals surface area (Å²) in [5.74, 6) is -2.82. The highest BCUT2D eigenvalue weighted by Crippen LogP contribution is 2.02. The molecule has 0 aliphatic carbocycles. The first-order valence-corrected chi connectivity index (χ1v) is 4.80. The lowest BCUT2D eigenvalue weighted by Gasteiger charge is -2.12. The molecule has 0 bridgehead atoms. The van der Waals surface area contributed by atoms with E-state index in [0.717, 1.165) is 12.3 Å². The third-order valence-electron chi connectivity index (χ3n) is 2.01. The van der Waals surface area contributed by atoms with Gasteiger partial charge in [0.1, 0.15) is 6.04 Å². The first-order chi connectivity index (χ1) is 8.04. The van der Waals surface area contributed by atoms with Gasteiger partial charge in [0.25, 0.3) is 5.91 Å². The Morgan fingerprint density at radius 3 is 2.76 bits per heavy atom. The van der Waals surface area contributed by atoms with E-state index in [1.54, 1.807) is 0 Å². The van der Waals surface area contributed by atoms with Gasteiger partial charge in [0.05, 0.1) is 0 Å². The minimum atomic E-state index is -1.26. The predicted molar refractivity (Wildman–Crippen MR) is 54.8 cm³/mol. The third-order valence-corrected chi connectivity index (χ3v) is 2.01. The zero-order valence-electron chi connectivity index (χ0n) is 8.76. The molecule has 0 saturated carbocycles. The summed E-state index contributed by atoms with van der Waals surface area (Å²) in [6.45, 7) is -0.373. The first-order valence-electron chi connectivity index (χ1n) is 4.80. The lowest BCUT2D eigenvalue weighted by Crippen LogP contribution is -2.41. The predicted octanol–water partition coefficient (Wildman–Crippen LogP) is -0.214. The fourth-order valence-corrected chi connectivity index (χ4v) is 1.17. The number of carbonyl (C=O) groups is 2. The molecule has 0 spiro atoms. The molecule has 1 amide bonds. The second-order valence-electron chi connectivity index (χ2n) is 3.24. The van der Waals surface area contributed by atoms with Gasteiger partial charge in [0.2, 0.25) is 5.95 Å². The maximum absolute atomic E-state index is 12.7. The average molecular weight is 242 g/mol. The van der Waals surface area contributed by atoms with E-state index in [1.165, 1.54) is 6.07 Å². The van der Waals surface area contributed by atoms with Crippen LogP contribution in [0.5, 0.6) is 0 Å². The molecule has 0 saturated heterocycles. The largest absolute Gasteiger partial charge is 0.480 e. The van der Waals surface area contributed by atoms with E-state index in [4.69, 9.17) is 10.2 Å². The van der Waals surface area contributed by atoms with Crippen LogP contribution in [0.25, 0.3) is 0 Å². The average Bonchev–Trinajstić information content (AvgIpc) is 2.28. The summed E-state index contributed by atoms with van der Waals surface area (Å²) in [5, 5.41) is 19.5. The standard InChI is InChI=1S/C10H11FN2O4/c11-8-5-6(1-3-12-8)9(15)13-7(2-4-14)10(16)17/h1,3,5,7,14H,2,4H2,(H,13,15)(H,16,17). The fourth-order valence-electron chi connectivity index (χ4n) is 1.17. The van der Waals surface area contributed by atoms with E-state index in [9.17, 15) is 14.0 Å². The van der Waals surface area contributed by atoms with Crippen LogP contribution in [0.3, 0.4) is 0 Å². The lowest BCUT2D eigenvalue weighted by atomic mass is 10.2. The highest BCUT2D eigenvalue weighted by molar-refractivity contribution is 5.96. The van der Waals surface area contributed by atoms with Crippen LogP contribution in [0.15, 0.2) is 18.3 Å². The zero-order chi connectivity index (χ0) is 12.8. The summed E-state index contributed by atoms with van der Waals surface area (Å²) >= 11 is 0. The number of carboxylic acid groups (broad SMARTS) is 1. The highest BCUT2D eigenvalue weighted by atomic mass is 19.1. The molecule has 0 aliphatic rings. The number of carbonyl (C=O) groups excluding carboxylic acids is 1. The molecular formula is C10H11FN2O4. The fraction of sp³-hybridized carbons (Fsp3) is 0.300. The van der Waals surface area contributed by atoms with Gasteiger partial charge in [-0.25, -0.2) is 9.78 Å². The minimum absolute atomic E-state index is 0.0262. The van der Waals surface area contributed by atoms with Crippen LogP contribution in [0, 0.1) is 5.95 Å². The summed E-state index contributed by atoms with van der Waals surface area (Å²) < 4.78 is 12.7. The Morgan fingerprint density at radius 2 is 2.24 bits per heavy atom. The number of nitrogens with zero attached hydrogens (tertiary/aromatic N) is 1. The molecule has 0 aromatic carbocycles. The molecule has 3 N–H and O–H groups in total. The van der Waals surface area contributed by atoms with Gasteiger partial charge < -0.3 is 15.5 Å². The van der Waals surface area contributed by atoms with Crippen molar-refractivity contribution < 1.29 is 24.2 Å². The van der Waals surface area contributed by atoms with E-state index in [0.29, 0.717) is 0 Å². The van der Waals surface area contributed by atoms with Gasteiger partial charge >= 0.3 is 5.97 Å². The van der Waals surface area contributed by atoms with Crippen LogP contribution >= 0.6 is 0 Å². The number of hydrogen-bond donors (Lipinski definition) is 3. The number of carboxylic acids is 1. The molecule has 6 nitrogen and oxygen atoms in total. The number of aliphatic hydroxyl groups excluding tert-OH is 1. The number of amides is 1. The van der Waals surface area contributed by atoms with Gasteiger partial charge in [-0.1, -0.05) is 0 Å². The molecule has 1 unspecified atom stereocenters. The number of aliphatic carboxylic acids is 1. The molecule has 1 aromatic heterocycles. The topological polar surface area (TPSA) is 99.5 Å². The molecule has 1 atom stereocenters. The van der Waals surface area contributed by atoms with Gasteiger partial charge in [-0.3, -0.25) is 4.79 Å². The molecular weight excluding hydrogens is 231 g/mol. The van der Waals surface area contributed by atoms with Crippen molar-refractivity contribution in [2.24, 2.45) is 0 Å². The Bertz CT molecular complexity index is 425. The summed E-state index contributed by atoms with van der Waals surface area (Å²) in [5.41, 5.74) is -0.0262. The SMILES string of the molecule is O=C(NC(CCO)C(=O)O)c1ccnc(F)c1. The van der Waals surface area contributed by atoms with Crippen molar-refractivity contribution in [3.8, 4) is 0 Å². The molecule has 1 heterocycles. The molecule has 0 radical (unpaired) electrons. The van der Waals surface area contributed by atoms with Crippen molar-refractivity contribution in [3.63, 3.8) is 0 Å². The Balaban J connectivity index is 2.73. The number of nitrogens with one attached hydrogen (secondary N) is 1. The van der Waals surface area contributed by atoms with Crippen molar-refractivity contribution in [2.75, 3.05) is 6.61 Å². The maximum atomic E-state index is 12.7. The summed E-state index contributed by atoms with van der Waals surface area (Å²) in [7, 11) is 0. The smallest absolute Gasteiger partial charge is 0.326 e. The summed E-state index contributed by atoms with van der Waals surface area (Å²) in [4.78, 5) is 25.5.